The van der Waals surface area contributed by atoms with Crippen molar-refractivity contribution in [2.24, 2.45) is 28.6 Å². The summed E-state index contributed by atoms with van der Waals surface area (Å²) in [7, 11) is 1.70. The number of ether oxygens (including phenoxy) is 1. The maximum absolute atomic E-state index is 14.0. The third-order valence-electron chi connectivity index (χ3n) is 9.71. The van der Waals surface area contributed by atoms with E-state index < -0.39 is 23.5 Å². The molecule has 1 spiro atoms. The molecule has 0 radical (unpaired) electrons. The van der Waals surface area contributed by atoms with Gasteiger partial charge in [-0.05, 0) is 44.6 Å². The van der Waals surface area contributed by atoms with E-state index in [4.69, 9.17) is 4.74 Å². The number of likely N-dealkylation sites (tertiary alicyclic amines) is 2. The monoisotopic (exact) mass is 588 g/mol. The van der Waals surface area contributed by atoms with Gasteiger partial charge in [0.15, 0.2) is 5.78 Å². The number of carbonyl (C=O) groups is 4. The van der Waals surface area contributed by atoms with E-state index in [2.05, 4.69) is 34.7 Å². The lowest BCUT2D eigenvalue weighted by Crippen LogP contribution is -2.65. The molecule has 1 aromatic heterocycles. The first kappa shape index (κ1) is 30.0. The van der Waals surface area contributed by atoms with E-state index in [9.17, 15) is 19.2 Å². The first-order chi connectivity index (χ1) is 19.5. The Hall–Kier alpha value is -2.44. The average Bonchev–Trinajstić information content (AvgIpc) is 3.31. The number of aromatic nitrogens is 2. The van der Waals surface area contributed by atoms with Crippen LogP contribution in [0.3, 0.4) is 0 Å². The molecule has 41 heavy (non-hydrogen) atoms. The Morgan fingerprint density at radius 2 is 1.78 bits per heavy atom. The number of amides is 3. The second-order valence-corrected chi connectivity index (χ2v) is 14.1. The molecule has 2 saturated carbocycles. The zero-order chi connectivity index (χ0) is 29.4. The highest BCUT2D eigenvalue weighted by Gasteiger charge is 2.62. The summed E-state index contributed by atoms with van der Waals surface area (Å²) in [5, 5.41) is 13.9. The van der Waals surface area contributed by atoms with E-state index >= 15 is 0 Å². The minimum absolute atomic E-state index is 0.0124. The van der Waals surface area contributed by atoms with Gasteiger partial charge in [-0.15, -0.1) is 10.2 Å². The third kappa shape index (κ3) is 6.34. The van der Waals surface area contributed by atoms with Crippen LogP contribution in [0, 0.1) is 28.6 Å². The highest BCUT2D eigenvalue weighted by molar-refractivity contribution is 7.11. The molecule has 5 rings (SSSR count). The van der Waals surface area contributed by atoms with E-state index in [0.717, 1.165) is 30.6 Å². The van der Waals surface area contributed by atoms with Crippen LogP contribution in [0.4, 0.5) is 0 Å². The van der Waals surface area contributed by atoms with Gasteiger partial charge in [-0.2, -0.15) is 0 Å². The molecule has 3 amide bonds. The molecule has 4 fully saturated rings. The van der Waals surface area contributed by atoms with Gasteiger partial charge in [0.2, 0.25) is 16.8 Å². The molecular weight excluding hydrogens is 544 g/mol. The molecule has 0 unspecified atom stereocenters. The van der Waals surface area contributed by atoms with E-state index in [0.29, 0.717) is 32.2 Å². The molecule has 2 N–H and O–H groups in total. The second kappa shape index (κ2) is 12.0. The molecule has 12 heteroatoms. The quantitative estimate of drug-likeness (QED) is 0.399. The van der Waals surface area contributed by atoms with Crippen molar-refractivity contribution in [1.29, 1.82) is 0 Å². The van der Waals surface area contributed by atoms with Gasteiger partial charge in [-0.25, -0.2) is 0 Å². The van der Waals surface area contributed by atoms with Crippen LogP contribution >= 0.6 is 11.3 Å². The number of ketones is 1. The number of carbonyl (C=O) groups excluding carboxylic acids is 4. The summed E-state index contributed by atoms with van der Waals surface area (Å²) in [5.74, 6) is -0.631. The predicted molar refractivity (Wildman–Crippen MR) is 153 cm³/mol. The third-order valence-corrected chi connectivity index (χ3v) is 10.4. The van der Waals surface area contributed by atoms with Gasteiger partial charge in [0.05, 0.1) is 18.6 Å². The Morgan fingerprint density at radius 1 is 1.10 bits per heavy atom. The first-order valence-corrected chi connectivity index (χ1v) is 15.9. The van der Waals surface area contributed by atoms with Crippen LogP contribution in [0.15, 0.2) is 5.51 Å². The van der Waals surface area contributed by atoms with Crippen molar-refractivity contribution in [1.82, 2.24) is 30.6 Å². The Bertz CT molecular complexity index is 1130. The molecular formula is C29H44N6O5S. The summed E-state index contributed by atoms with van der Waals surface area (Å²) in [5.41, 5.74) is 0.958. The van der Waals surface area contributed by atoms with Gasteiger partial charge < -0.3 is 25.2 Å². The van der Waals surface area contributed by atoms with E-state index in [-0.39, 0.29) is 52.9 Å². The summed E-state index contributed by atoms with van der Waals surface area (Å²) < 4.78 is 6.18. The summed E-state index contributed by atoms with van der Waals surface area (Å²) in [4.78, 5) is 56.9. The van der Waals surface area contributed by atoms with Crippen LogP contribution in [0.2, 0.25) is 0 Å². The van der Waals surface area contributed by atoms with Crippen LogP contribution < -0.4 is 10.6 Å². The van der Waals surface area contributed by atoms with Crippen LogP contribution in [-0.2, 0) is 19.1 Å². The largest absolute Gasteiger partial charge is 0.376 e. The van der Waals surface area contributed by atoms with Crippen molar-refractivity contribution in [3.63, 3.8) is 0 Å². The predicted octanol–water partition coefficient (Wildman–Crippen LogP) is 1.74. The number of rotatable bonds is 11. The lowest BCUT2D eigenvalue weighted by molar-refractivity contribution is -0.152. The number of nitrogens with zero attached hydrogens (tertiary/aromatic N) is 4. The smallest absolute Gasteiger partial charge is 0.284 e. The molecule has 0 aromatic carbocycles. The molecule has 1 aromatic rings. The molecule has 11 nitrogen and oxygen atoms in total. The summed E-state index contributed by atoms with van der Waals surface area (Å²) in [6.45, 7) is 8.11. The van der Waals surface area contributed by atoms with Crippen molar-refractivity contribution in [2.75, 3.05) is 46.4 Å². The minimum atomic E-state index is -0.812. The summed E-state index contributed by atoms with van der Waals surface area (Å²) in [6.07, 6.45) is 6.30. The maximum atomic E-state index is 14.0. The normalized spacial score (nSPS) is 26.3. The van der Waals surface area contributed by atoms with E-state index in [1.165, 1.54) is 24.8 Å². The fourth-order valence-corrected chi connectivity index (χ4v) is 7.44. The molecule has 0 bridgehead atoms. The fourth-order valence-electron chi connectivity index (χ4n) is 6.92. The highest BCUT2D eigenvalue weighted by Crippen LogP contribution is 2.54. The summed E-state index contributed by atoms with van der Waals surface area (Å²) >= 11 is 1.16. The first-order valence-electron chi connectivity index (χ1n) is 15.0. The number of hydrogen-bond donors (Lipinski definition) is 2. The van der Waals surface area contributed by atoms with Crippen LogP contribution in [-0.4, -0.2) is 102 Å². The van der Waals surface area contributed by atoms with Crippen molar-refractivity contribution in [2.45, 2.75) is 71.4 Å². The average molecular weight is 589 g/mol. The fraction of sp³-hybridized carbons (Fsp3) is 0.793. The molecule has 226 valence electrons. The molecule has 2 aliphatic heterocycles. The molecule has 3 heterocycles. The Balaban J connectivity index is 1.29. The van der Waals surface area contributed by atoms with Gasteiger partial charge >= 0.3 is 0 Å². The summed E-state index contributed by atoms with van der Waals surface area (Å²) in [6, 6.07) is -0.812. The second-order valence-electron chi connectivity index (χ2n) is 13.3. The van der Waals surface area contributed by atoms with E-state index in [1.807, 2.05) is 11.8 Å². The topological polar surface area (TPSA) is 134 Å². The van der Waals surface area contributed by atoms with Crippen molar-refractivity contribution in [3.05, 3.63) is 10.5 Å². The molecule has 4 atom stereocenters. The Morgan fingerprint density at radius 3 is 2.39 bits per heavy atom. The van der Waals surface area contributed by atoms with Gasteiger partial charge in [0.1, 0.15) is 11.6 Å². The van der Waals surface area contributed by atoms with Crippen molar-refractivity contribution >= 4 is 34.8 Å². The van der Waals surface area contributed by atoms with Gasteiger partial charge in [-0.3, -0.25) is 19.2 Å². The number of hydrogen-bond acceptors (Lipinski definition) is 9. The Kier molecular flexibility index (Phi) is 8.82. The number of likely N-dealkylation sites (N-methyl/N-ethyl adjacent to an activating group) is 1. The molecule has 2 aliphatic carbocycles. The maximum Gasteiger partial charge on any atom is 0.284 e. The van der Waals surface area contributed by atoms with Crippen LogP contribution in [0.25, 0.3) is 0 Å². The lowest BCUT2D eigenvalue weighted by atomic mass is 9.70. The lowest BCUT2D eigenvalue weighted by Gasteiger charge is -2.50. The number of nitrogens with one attached hydrogen (secondary N) is 2. The van der Waals surface area contributed by atoms with Crippen LogP contribution in [0.5, 0.6) is 0 Å². The highest BCUT2D eigenvalue weighted by atomic mass is 32.1. The Labute approximate surface area is 246 Å². The molecule has 4 aliphatic rings. The molecule has 2 saturated heterocycles. The SMILES string of the molecule is CNCC(=O)[C@@H](NC(=O)[C@@H]1CN(C(=O)c2nncs2)CC12CN(C(=O)[C@H]1CC1(C)C)C2)[C@@H](C)OCC1CCCCC1. The standard InChI is InChI=1S/C29H44N6O5S/c1-18(40-13-19-8-6-5-7-9-19)23(22(36)11-30-4)32-24(37)21-12-34(27(39)25-33-31-17-41-25)14-29(21)15-35(16-29)26(38)20-10-28(20,2)3/h17-21,23,30H,5-16H2,1-4H3,(H,32,37)/t18-,20-,21+,23+/m1/s1. The zero-order valence-electron chi connectivity index (χ0n) is 24.7. The van der Waals surface area contributed by atoms with Gasteiger partial charge in [0.25, 0.3) is 5.91 Å². The van der Waals surface area contributed by atoms with Crippen LogP contribution in [0.1, 0.15) is 69.1 Å². The van der Waals surface area contributed by atoms with Gasteiger partial charge in [-0.1, -0.05) is 44.4 Å². The van der Waals surface area contributed by atoms with E-state index in [1.54, 1.807) is 11.9 Å². The van der Waals surface area contributed by atoms with Crippen molar-refractivity contribution < 1.29 is 23.9 Å². The van der Waals surface area contributed by atoms with Gasteiger partial charge in [0, 0.05) is 44.1 Å². The number of Topliss-reactive ketones (excluding diaryl/α,β-unsaturated/α-hetero) is 1. The minimum Gasteiger partial charge on any atom is -0.376 e. The zero-order valence-corrected chi connectivity index (χ0v) is 25.5. The van der Waals surface area contributed by atoms with Crippen molar-refractivity contribution in [3.8, 4) is 0 Å².